The van der Waals surface area contributed by atoms with Gasteiger partial charge in [-0.2, -0.15) is 0 Å². The highest BCUT2D eigenvalue weighted by molar-refractivity contribution is 6.23. The molecule has 1 aliphatic heterocycles. The molecule has 0 fully saturated rings. The van der Waals surface area contributed by atoms with Gasteiger partial charge in [-0.15, -0.1) is 0 Å². The number of hydrogen-bond donors (Lipinski definition) is 3. The predicted octanol–water partition coefficient (Wildman–Crippen LogP) is -0.0654. The molecule has 128 valence electrons. The van der Waals surface area contributed by atoms with E-state index >= 15 is 0 Å². The molecule has 1 aliphatic rings. The monoisotopic (exact) mass is 347 g/mol. The third-order valence-electron chi connectivity index (χ3n) is 3.66. The lowest BCUT2D eigenvalue weighted by Gasteiger charge is -2.14. The molecule has 0 saturated carbocycles. The molecule has 2 amide bonds. The number of carbonyl (C=O) groups is 3. The quantitative estimate of drug-likeness (QED) is 0.510. The number of esters is 1. The van der Waals surface area contributed by atoms with Crippen molar-refractivity contribution < 1.29 is 28.6 Å². The molecule has 0 saturated heterocycles. The molecule has 0 spiro atoms. The van der Waals surface area contributed by atoms with Gasteiger partial charge in [0.2, 0.25) is 0 Å². The Labute approximate surface area is 138 Å². The number of nitrogens with two attached hydrogens (primary N) is 1. The van der Waals surface area contributed by atoms with E-state index in [4.69, 9.17) is 5.73 Å². The first-order valence-electron chi connectivity index (χ1n) is 6.78. The Morgan fingerprint density at radius 3 is 2.56 bits per heavy atom. The number of aromatic nitrogens is 1. The van der Waals surface area contributed by atoms with E-state index in [1.54, 1.807) is 0 Å². The van der Waals surface area contributed by atoms with E-state index in [0.717, 1.165) is 25.3 Å². The van der Waals surface area contributed by atoms with Crippen molar-refractivity contribution in [1.82, 2.24) is 9.88 Å². The van der Waals surface area contributed by atoms with Crippen LogP contribution in [0.15, 0.2) is 23.0 Å². The summed E-state index contributed by atoms with van der Waals surface area (Å²) in [4.78, 5) is 47.4. The van der Waals surface area contributed by atoms with Gasteiger partial charge in [0.1, 0.15) is 5.82 Å². The number of ether oxygens (including phenoxy) is 1. The number of halogens is 1. The molecule has 25 heavy (non-hydrogen) atoms. The Morgan fingerprint density at radius 2 is 1.92 bits per heavy atom. The van der Waals surface area contributed by atoms with Crippen molar-refractivity contribution in [3.63, 3.8) is 0 Å². The number of pyridine rings is 1. The highest BCUT2D eigenvalue weighted by atomic mass is 19.1. The summed E-state index contributed by atoms with van der Waals surface area (Å²) in [7, 11) is 1.07. The van der Waals surface area contributed by atoms with Crippen molar-refractivity contribution in [2.24, 2.45) is 0 Å². The minimum Gasteiger partial charge on any atom is -0.503 e. The van der Waals surface area contributed by atoms with Crippen molar-refractivity contribution in [2.45, 2.75) is 0 Å². The first-order valence-corrected chi connectivity index (χ1v) is 6.78. The van der Waals surface area contributed by atoms with Gasteiger partial charge in [0.15, 0.2) is 11.6 Å². The highest BCUT2D eigenvalue weighted by Crippen LogP contribution is 2.30. The maximum atomic E-state index is 14.0. The van der Waals surface area contributed by atoms with Crippen LogP contribution in [-0.4, -0.2) is 34.6 Å². The predicted molar refractivity (Wildman–Crippen MR) is 81.2 cm³/mol. The summed E-state index contributed by atoms with van der Waals surface area (Å²) in [6, 6.07) is 2.52. The second-order valence-electron chi connectivity index (χ2n) is 5.09. The molecule has 0 unspecified atom stereocenters. The second-order valence-corrected chi connectivity index (χ2v) is 5.09. The fourth-order valence-corrected chi connectivity index (χ4v) is 2.52. The van der Waals surface area contributed by atoms with Crippen LogP contribution in [0.3, 0.4) is 0 Å². The molecule has 2 aromatic rings. The first kappa shape index (κ1) is 16.2. The standard InChI is InChI=1S/C15H10FN3O6/c1-25-15(24)5-2-7(16)11(21)8(3-5)19-9(20)4-6-10(12(19)17)14(23)18-13(6)22/h2-4,21H,17H2,1H3,(H,18,22,23). The number of amides is 2. The van der Waals surface area contributed by atoms with Crippen LogP contribution in [0.25, 0.3) is 5.69 Å². The zero-order chi connectivity index (χ0) is 18.5. The van der Waals surface area contributed by atoms with Gasteiger partial charge in [-0.1, -0.05) is 0 Å². The van der Waals surface area contributed by atoms with Gasteiger partial charge in [-0.25, -0.2) is 9.18 Å². The summed E-state index contributed by atoms with van der Waals surface area (Å²) in [5.74, 6) is -5.20. The SMILES string of the molecule is COC(=O)c1cc(F)c(O)c(-n2c(N)c3c(cc2=O)C(=O)NC3=O)c1. The molecule has 9 nitrogen and oxygen atoms in total. The summed E-state index contributed by atoms with van der Waals surface area (Å²) >= 11 is 0. The molecule has 0 atom stereocenters. The van der Waals surface area contributed by atoms with Crippen molar-refractivity contribution in [2.75, 3.05) is 12.8 Å². The van der Waals surface area contributed by atoms with Crippen molar-refractivity contribution in [3.05, 3.63) is 51.1 Å². The molecule has 4 N–H and O–H groups in total. The van der Waals surface area contributed by atoms with E-state index < -0.39 is 46.4 Å². The molecule has 2 heterocycles. The molecule has 1 aromatic heterocycles. The van der Waals surface area contributed by atoms with E-state index in [2.05, 4.69) is 4.74 Å². The average molecular weight is 347 g/mol. The number of fused-ring (bicyclic) bond motifs is 1. The average Bonchev–Trinajstić information content (AvgIpc) is 2.84. The zero-order valence-corrected chi connectivity index (χ0v) is 12.6. The number of imide groups is 1. The Hall–Kier alpha value is -3.69. The molecule has 10 heteroatoms. The largest absolute Gasteiger partial charge is 0.503 e. The lowest BCUT2D eigenvalue weighted by molar-refractivity contribution is 0.0599. The Kier molecular flexibility index (Phi) is 3.52. The van der Waals surface area contributed by atoms with Gasteiger partial charge in [-0.3, -0.25) is 24.3 Å². The van der Waals surface area contributed by atoms with E-state index in [-0.39, 0.29) is 16.7 Å². The Balaban J connectivity index is 2.36. The smallest absolute Gasteiger partial charge is 0.338 e. The number of nitrogens with zero attached hydrogens (tertiary/aromatic N) is 1. The van der Waals surface area contributed by atoms with Crippen molar-refractivity contribution in [1.29, 1.82) is 0 Å². The second kappa shape index (κ2) is 5.44. The summed E-state index contributed by atoms with van der Waals surface area (Å²) in [6.45, 7) is 0. The number of phenols is 1. The fraction of sp³-hybridized carbons (Fsp3) is 0.0667. The van der Waals surface area contributed by atoms with E-state index in [1.165, 1.54) is 0 Å². The Morgan fingerprint density at radius 1 is 1.24 bits per heavy atom. The molecular formula is C15H10FN3O6. The van der Waals surface area contributed by atoms with Gasteiger partial charge < -0.3 is 15.6 Å². The topological polar surface area (TPSA) is 141 Å². The van der Waals surface area contributed by atoms with E-state index in [1.807, 2.05) is 5.32 Å². The molecule has 0 aliphatic carbocycles. The van der Waals surface area contributed by atoms with Crippen LogP contribution in [0, 0.1) is 5.82 Å². The third-order valence-corrected chi connectivity index (χ3v) is 3.66. The summed E-state index contributed by atoms with van der Waals surface area (Å²) in [5.41, 5.74) is 3.61. The summed E-state index contributed by atoms with van der Waals surface area (Å²) < 4.78 is 19.1. The van der Waals surface area contributed by atoms with Gasteiger partial charge in [0.05, 0.1) is 29.5 Å². The summed E-state index contributed by atoms with van der Waals surface area (Å²) in [5, 5.41) is 11.9. The van der Waals surface area contributed by atoms with Gasteiger partial charge in [0.25, 0.3) is 17.4 Å². The number of nitrogens with one attached hydrogen (secondary N) is 1. The van der Waals surface area contributed by atoms with Gasteiger partial charge in [0, 0.05) is 6.07 Å². The maximum absolute atomic E-state index is 14.0. The summed E-state index contributed by atoms with van der Waals surface area (Å²) in [6.07, 6.45) is 0. The third kappa shape index (κ3) is 2.31. The number of rotatable bonds is 2. The maximum Gasteiger partial charge on any atom is 0.338 e. The number of methoxy groups -OCH3 is 1. The van der Waals surface area contributed by atoms with Crippen LogP contribution in [0.4, 0.5) is 10.2 Å². The van der Waals surface area contributed by atoms with Crippen LogP contribution >= 0.6 is 0 Å². The first-order chi connectivity index (χ1) is 11.8. The van der Waals surface area contributed by atoms with Crippen molar-refractivity contribution >= 4 is 23.6 Å². The van der Waals surface area contributed by atoms with Crippen LogP contribution in [0.5, 0.6) is 5.75 Å². The van der Waals surface area contributed by atoms with Crippen molar-refractivity contribution in [3.8, 4) is 11.4 Å². The van der Waals surface area contributed by atoms with Crippen LogP contribution in [-0.2, 0) is 4.74 Å². The fourth-order valence-electron chi connectivity index (χ4n) is 2.52. The minimum atomic E-state index is -1.20. The number of carbonyl (C=O) groups excluding carboxylic acids is 3. The number of benzene rings is 1. The molecular weight excluding hydrogens is 337 g/mol. The number of hydrogen-bond acceptors (Lipinski definition) is 7. The number of nitrogen functional groups attached to an aromatic ring is 1. The van der Waals surface area contributed by atoms with Crippen LogP contribution in [0.2, 0.25) is 0 Å². The number of aromatic hydroxyl groups is 1. The van der Waals surface area contributed by atoms with Crippen LogP contribution < -0.4 is 16.6 Å². The molecule has 3 rings (SSSR count). The highest BCUT2D eigenvalue weighted by Gasteiger charge is 2.32. The normalized spacial score (nSPS) is 12.7. The number of phenolic OH excluding ortho intramolecular Hbond substituents is 1. The zero-order valence-electron chi connectivity index (χ0n) is 12.6. The van der Waals surface area contributed by atoms with E-state index in [0.29, 0.717) is 4.57 Å². The number of anilines is 1. The molecule has 1 aromatic carbocycles. The van der Waals surface area contributed by atoms with E-state index in [9.17, 15) is 28.7 Å². The van der Waals surface area contributed by atoms with Gasteiger partial charge >= 0.3 is 5.97 Å². The molecule has 0 radical (unpaired) electrons. The van der Waals surface area contributed by atoms with Crippen LogP contribution in [0.1, 0.15) is 31.1 Å². The molecule has 0 bridgehead atoms. The lowest BCUT2D eigenvalue weighted by atomic mass is 10.1. The minimum absolute atomic E-state index is 0.229. The Bertz CT molecular complexity index is 1030. The lowest BCUT2D eigenvalue weighted by Crippen LogP contribution is -2.24. The van der Waals surface area contributed by atoms with Gasteiger partial charge in [-0.05, 0) is 12.1 Å².